The normalized spacial score (nSPS) is 0. The Morgan fingerprint density at radius 2 is 0.333 bits per heavy atom. The molecule has 0 heterocycles. The minimum Gasteiger partial charge on any atom is -1.00 e. The molecule has 6 heavy (non-hydrogen) atoms. The first-order valence-corrected chi connectivity index (χ1v) is 0. The summed E-state index contributed by atoms with van der Waals surface area (Å²) in [5.74, 6) is 0. The third-order valence-electron chi connectivity index (χ3n) is 0. The van der Waals surface area contributed by atoms with Gasteiger partial charge in [-0.25, -0.2) is 0 Å². The quantitative estimate of drug-likeness (QED) is 0.212. The molecule has 0 aliphatic heterocycles. The smallest absolute Gasteiger partial charge is 1.00 e. The van der Waals surface area contributed by atoms with Gasteiger partial charge < -0.3 is 95.9 Å². The standard InChI is InChI=1S/4HI.2Th/h4*1H;;/q;;;;2*+2/p-4. The molecule has 0 N–H and O–H groups in total. The van der Waals surface area contributed by atoms with E-state index in [0.717, 1.165) is 0 Å². The van der Waals surface area contributed by atoms with Gasteiger partial charge in [-0.05, 0) is 0 Å². The maximum absolute atomic E-state index is 0. The van der Waals surface area contributed by atoms with Crippen molar-refractivity contribution in [1.29, 1.82) is 0 Å². The van der Waals surface area contributed by atoms with E-state index < -0.39 is 0 Å². The molecule has 0 unspecified atom stereocenters. The molecule has 0 nitrogen and oxygen atoms in total. The number of halogens is 4. The first kappa shape index (κ1) is 41.7. The molecule has 0 saturated carbocycles. The van der Waals surface area contributed by atoms with Crippen LogP contribution in [0.2, 0.25) is 0 Å². The second-order valence-corrected chi connectivity index (χ2v) is 0. The van der Waals surface area contributed by atoms with E-state index in [4.69, 9.17) is 0 Å². The zero-order valence-corrected chi connectivity index (χ0v) is 19.4. The van der Waals surface area contributed by atoms with Gasteiger partial charge in [-0.3, -0.25) is 0 Å². The summed E-state index contributed by atoms with van der Waals surface area (Å²) in [5, 5.41) is 0. The Hall–Kier alpha value is 5.57. The summed E-state index contributed by atoms with van der Waals surface area (Å²) in [5.41, 5.74) is 0. The van der Waals surface area contributed by atoms with Gasteiger partial charge in [0, 0.05) is 0 Å². The molecular formula is I4Th2. The molecule has 6 heteroatoms. The van der Waals surface area contributed by atoms with Crippen LogP contribution in [0.1, 0.15) is 0 Å². The van der Waals surface area contributed by atoms with Crippen LogP contribution >= 0.6 is 0 Å². The van der Waals surface area contributed by atoms with Crippen molar-refractivity contribution in [2.45, 2.75) is 0 Å². The first-order valence-electron chi connectivity index (χ1n) is 0. The summed E-state index contributed by atoms with van der Waals surface area (Å²) in [6, 6.07) is 0. The Morgan fingerprint density at radius 1 is 0.333 bits per heavy atom. The summed E-state index contributed by atoms with van der Waals surface area (Å²) in [6.07, 6.45) is 0. The average Bonchev–Trinajstić information content (AvgIpc) is 0. The van der Waals surface area contributed by atoms with Crippen molar-refractivity contribution in [1.82, 2.24) is 0 Å². The minimum atomic E-state index is 0. The van der Waals surface area contributed by atoms with E-state index >= 15 is 0 Å². The van der Waals surface area contributed by atoms with E-state index in [-0.39, 0.29) is 176 Å². The van der Waals surface area contributed by atoms with E-state index in [9.17, 15) is 0 Å². The van der Waals surface area contributed by atoms with Gasteiger partial charge >= 0.3 is 79.9 Å². The number of rotatable bonds is 0. The van der Waals surface area contributed by atoms with Gasteiger partial charge in [0.15, 0.2) is 0 Å². The topological polar surface area (TPSA) is 0 Å². The molecule has 0 radical (unpaired) electrons. The van der Waals surface area contributed by atoms with Crippen molar-refractivity contribution in [3.63, 3.8) is 0 Å². The van der Waals surface area contributed by atoms with Crippen molar-refractivity contribution >= 4 is 0 Å². The SMILES string of the molecule is [I-].[I-].[I-].[I-].[Th+2].[Th+2]. The zero-order valence-electron chi connectivity index (χ0n) is 2.51. The molecule has 0 saturated heterocycles. The second kappa shape index (κ2) is 31.2. The van der Waals surface area contributed by atoms with Crippen LogP contribution in [0.25, 0.3) is 0 Å². The summed E-state index contributed by atoms with van der Waals surface area (Å²) in [7, 11) is 0. The van der Waals surface area contributed by atoms with E-state index in [0.29, 0.717) is 0 Å². The van der Waals surface area contributed by atoms with Gasteiger partial charge in [0.25, 0.3) is 0 Å². The third-order valence-corrected chi connectivity index (χ3v) is 0. The Morgan fingerprint density at radius 3 is 0.333 bits per heavy atom. The van der Waals surface area contributed by atoms with Gasteiger partial charge in [0.05, 0.1) is 0 Å². The van der Waals surface area contributed by atoms with Gasteiger partial charge in [-0.1, -0.05) is 0 Å². The molecule has 0 amide bonds. The average molecular weight is 972 g/mol. The van der Waals surface area contributed by atoms with Crippen molar-refractivity contribution in [2.24, 2.45) is 0 Å². The van der Waals surface area contributed by atoms with Crippen LogP contribution in [0, 0.1) is 79.9 Å². The molecule has 0 aromatic carbocycles. The van der Waals surface area contributed by atoms with E-state index in [2.05, 4.69) is 0 Å². The largest absolute Gasteiger partial charge is 2.00 e. The molecule has 0 fully saturated rings. The van der Waals surface area contributed by atoms with Crippen LogP contribution in [-0.4, -0.2) is 0 Å². The molecule has 0 bridgehead atoms. The van der Waals surface area contributed by atoms with Gasteiger partial charge in [0.1, 0.15) is 0 Å². The van der Waals surface area contributed by atoms with Crippen LogP contribution in [-0.2, 0) is 0 Å². The Kier molecular flexibility index (Phi) is 217. The van der Waals surface area contributed by atoms with Crippen LogP contribution < -0.4 is 95.9 Å². The number of hydrogen-bond acceptors (Lipinski definition) is 0. The molecule has 0 aromatic heterocycles. The summed E-state index contributed by atoms with van der Waals surface area (Å²) < 4.78 is 0. The summed E-state index contributed by atoms with van der Waals surface area (Å²) >= 11 is 0. The molecule has 0 aliphatic carbocycles. The maximum Gasteiger partial charge on any atom is 2.00 e. The predicted octanol–water partition coefficient (Wildman–Crippen LogP) is -12.0. The van der Waals surface area contributed by atoms with E-state index in [1.165, 1.54) is 0 Å². The van der Waals surface area contributed by atoms with E-state index in [1.54, 1.807) is 0 Å². The van der Waals surface area contributed by atoms with Crippen molar-refractivity contribution in [3.8, 4) is 0 Å². The Labute approximate surface area is 170 Å². The molecule has 0 rings (SSSR count). The number of hydrogen-bond donors (Lipinski definition) is 0. The second-order valence-electron chi connectivity index (χ2n) is 0. The van der Waals surface area contributed by atoms with Crippen molar-refractivity contribution in [2.75, 3.05) is 0 Å². The fraction of sp³-hybridized carbons (Fsp3) is 0. The summed E-state index contributed by atoms with van der Waals surface area (Å²) in [4.78, 5) is 0. The fourth-order valence-corrected chi connectivity index (χ4v) is 0. The molecule has 0 aliphatic rings. The monoisotopic (exact) mass is 972 g/mol. The van der Waals surface area contributed by atoms with Crippen LogP contribution in [0.15, 0.2) is 0 Å². The Bertz CT molecular complexity index is 5.51. The van der Waals surface area contributed by atoms with E-state index in [1.807, 2.05) is 0 Å². The maximum atomic E-state index is 0. The Balaban J connectivity index is 0. The van der Waals surface area contributed by atoms with Gasteiger partial charge in [-0.2, -0.15) is 0 Å². The molecule has 0 spiro atoms. The van der Waals surface area contributed by atoms with Crippen molar-refractivity contribution in [3.05, 3.63) is 0 Å². The van der Waals surface area contributed by atoms with Gasteiger partial charge in [-0.15, -0.1) is 0 Å². The molecule has 0 atom stereocenters. The van der Waals surface area contributed by atoms with Crippen LogP contribution in [0.3, 0.4) is 0 Å². The predicted molar refractivity (Wildman–Crippen MR) is 0 cm³/mol. The van der Waals surface area contributed by atoms with Crippen molar-refractivity contribution < 1.29 is 176 Å². The molecule has 36 valence electrons. The minimum absolute atomic E-state index is 0. The first-order chi connectivity index (χ1) is 0. The summed E-state index contributed by atoms with van der Waals surface area (Å²) in [6.45, 7) is 0. The van der Waals surface area contributed by atoms with Gasteiger partial charge in [0.2, 0.25) is 0 Å². The fourth-order valence-electron chi connectivity index (χ4n) is 0. The molecule has 0 aromatic rings. The third kappa shape index (κ3) is 22.7. The van der Waals surface area contributed by atoms with Crippen LogP contribution in [0.5, 0.6) is 0 Å². The molecular weight excluding hydrogens is 972 g/mol. The van der Waals surface area contributed by atoms with Crippen LogP contribution in [0.4, 0.5) is 0 Å². The zero-order chi connectivity index (χ0) is 0.